The molecule has 1 aromatic rings. The normalized spacial score (nSPS) is 24.6. The van der Waals surface area contributed by atoms with Crippen LogP contribution in [0.3, 0.4) is 0 Å². The maximum Gasteiger partial charge on any atom is 0.233 e. The molecule has 7 heteroatoms. The molecule has 0 saturated carbocycles. The van der Waals surface area contributed by atoms with Crippen molar-refractivity contribution < 1.29 is 4.79 Å². The largest absolute Gasteiger partial charge is 0.316 e. The molecule has 1 amide bonds. The van der Waals surface area contributed by atoms with Crippen LogP contribution in [0.5, 0.6) is 0 Å². The van der Waals surface area contributed by atoms with Crippen LogP contribution in [0.25, 0.3) is 0 Å². The molecule has 1 saturated heterocycles. The fraction of sp³-hybridized carbons (Fsp3) is 0.778. The van der Waals surface area contributed by atoms with Gasteiger partial charge in [0.1, 0.15) is 0 Å². The van der Waals surface area contributed by atoms with Gasteiger partial charge in [-0.3, -0.25) is 10.1 Å². The van der Waals surface area contributed by atoms with Crippen molar-refractivity contribution in [2.24, 2.45) is 5.41 Å². The maximum atomic E-state index is 12.2. The molecule has 0 aliphatic carbocycles. The number of nitrogens with one attached hydrogen (secondary N) is 2. The van der Waals surface area contributed by atoms with Crippen molar-refractivity contribution in [3.63, 3.8) is 0 Å². The average molecular weight is 241 g/mol. The molecule has 0 spiro atoms. The third-order valence-electron chi connectivity index (χ3n) is 2.97. The number of carbonyl (C=O) groups excluding carboxylic acids is 1. The molecule has 1 fully saturated rings. The Morgan fingerprint density at radius 3 is 3.12 bits per heavy atom. The number of rotatable bonds is 4. The predicted octanol–water partition coefficient (Wildman–Crippen LogP) is 0.651. The highest BCUT2D eigenvalue weighted by atomic mass is 32.1. The molecule has 0 aromatic carbocycles. The zero-order valence-electron chi connectivity index (χ0n) is 9.19. The van der Waals surface area contributed by atoms with Gasteiger partial charge in [-0.2, -0.15) is 0 Å². The van der Waals surface area contributed by atoms with E-state index in [2.05, 4.69) is 32.4 Å². The highest BCUT2D eigenvalue weighted by molar-refractivity contribution is 7.09. The fourth-order valence-corrected chi connectivity index (χ4v) is 2.52. The van der Waals surface area contributed by atoms with E-state index in [1.54, 1.807) is 0 Å². The second-order valence-corrected chi connectivity index (χ2v) is 4.81. The Morgan fingerprint density at radius 1 is 1.69 bits per heavy atom. The minimum atomic E-state index is -0.277. The molecule has 1 atom stereocenters. The van der Waals surface area contributed by atoms with Crippen molar-refractivity contribution in [2.45, 2.75) is 26.2 Å². The van der Waals surface area contributed by atoms with Crippen molar-refractivity contribution in [1.82, 2.24) is 20.1 Å². The first kappa shape index (κ1) is 11.4. The SMILES string of the molecule is CCCC1(C(=O)Nc2nnns2)CCNC1. The van der Waals surface area contributed by atoms with E-state index in [4.69, 9.17) is 0 Å². The molecule has 2 rings (SSSR count). The Balaban J connectivity index is 2.05. The summed E-state index contributed by atoms with van der Waals surface area (Å²) in [6, 6.07) is 0. The van der Waals surface area contributed by atoms with E-state index in [1.165, 1.54) is 0 Å². The molecule has 1 unspecified atom stereocenters. The summed E-state index contributed by atoms with van der Waals surface area (Å²) in [5.41, 5.74) is -0.277. The van der Waals surface area contributed by atoms with Crippen molar-refractivity contribution in [1.29, 1.82) is 0 Å². The lowest BCUT2D eigenvalue weighted by molar-refractivity contribution is -0.125. The number of aromatic nitrogens is 3. The summed E-state index contributed by atoms with van der Waals surface area (Å²) in [6.45, 7) is 3.75. The van der Waals surface area contributed by atoms with E-state index in [9.17, 15) is 4.79 Å². The highest BCUT2D eigenvalue weighted by Crippen LogP contribution is 2.32. The van der Waals surface area contributed by atoms with E-state index in [0.29, 0.717) is 5.13 Å². The van der Waals surface area contributed by atoms with E-state index < -0.39 is 0 Å². The summed E-state index contributed by atoms with van der Waals surface area (Å²) >= 11 is 1.10. The van der Waals surface area contributed by atoms with Crippen LogP contribution in [0, 0.1) is 5.41 Å². The summed E-state index contributed by atoms with van der Waals surface area (Å²) < 4.78 is 3.62. The average Bonchev–Trinajstić information content (AvgIpc) is 2.89. The summed E-state index contributed by atoms with van der Waals surface area (Å²) in [6.07, 6.45) is 2.79. The molecular weight excluding hydrogens is 226 g/mol. The first-order valence-corrected chi connectivity index (χ1v) is 6.21. The molecule has 0 bridgehead atoms. The van der Waals surface area contributed by atoms with Gasteiger partial charge in [-0.05, 0) is 24.6 Å². The molecule has 16 heavy (non-hydrogen) atoms. The number of nitrogens with zero attached hydrogens (tertiary/aromatic N) is 3. The zero-order valence-corrected chi connectivity index (χ0v) is 10.0. The van der Waals surface area contributed by atoms with E-state index >= 15 is 0 Å². The van der Waals surface area contributed by atoms with Crippen molar-refractivity contribution in [2.75, 3.05) is 18.4 Å². The lowest BCUT2D eigenvalue weighted by Gasteiger charge is -2.25. The quantitative estimate of drug-likeness (QED) is 0.809. The van der Waals surface area contributed by atoms with Crippen LogP contribution in [-0.2, 0) is 4.79 Å². The molecule has 0 radical (unpaired) electrons. The third-order valence-corrected chi connectivity index (χ3v) is 3.49. The van der Waals surface area contributed by atoms with Gasteiger partial charge in [-0.25, -0.2) is 0 Å². The Bertz CT molecular complexity index is 347. The van der Waals surface area contributed by atoms with Crippen LogP contribution in [0.4, 0.5) is 5.13 Å². The number of anilines is 1. The van der Waals surface area contributed by atoms with Crippen molar-refractivity contribution in [3.8, 4) is 0 Å². The van der Waals surface area contributed by atoms with Gasteiger partial charge in [0.25, 0.3) is 0 Å². The summed E-state index contributed by atoms with van der Waals surface area (Å²) in [7, 11) is 0. The maximum absolute atomic E-state index is 12.2. The van der Waals surface area contributed by atoms with Gasteiger partial charge in [-0.15, -0.1) is 0 Å². The minimum Gasteiger partial charge on any atom is -0.316 e. The van der Waals surface area contributed by atoms with Gasteiger partial charge < -0.3 is 5.32 Å². The molecule has 1 aliphatic rings. The Labute approximate surface area is 98.0 Å². The van der Waals surface area contributed by atoms with Crippen LogP contribution in [-0.4, -0.2) is 33.8 Å². The number of hydrogen-bond donors (Lipinski definition) is 2. The molecule has 88 valence electrons. The topological polar surface area (TPSA) is 79.8 Å². The number of carbonyl (C=O) groups is 1. The van der Waals surface area contributed by atoms with Gasteiger partial charge >= 0.3 is 0 Å². The van der Waals surface area contributed by atoms with Gasteiger partial charge in [-0.1, -0.05) is 22.9 Å². The summed E-state index contributed by atoms with van der Waals surface area (Å²) in [4.78, 5) is 12.2. The monoisotopic (exact) mass is 241 g/mol. The Morgan fingerprint density at radius 2 is 2.56 bits per heavy atom. The molecule has 6 nitrogen and oxygen atoms in total. The summed E-state index contributed by atoms with van der Waals surface area (Å²) in [5.74, 6) is 0.0397. The molecular formula is C9H15N5OS. The second kappa shape index (κ2) is 4.84. The van der Waals surface area contributed by atoms with Gasteiger partial charge in [0.2, 0.25) is 11.0 Å². The smallest absolute Gasteiger partial charge is 0.233 e. The third kappa shape index (κ3) is 2.19. The molecule has 1 aliphatic heterocycles. The van der Waals surface area contributed by atoms with Gasteiger partial charge in [0.05, 0.1) is 5.41 Å². The first-order valence-electron chi connectivity index (χ1n) is 5.44. The van der Waals surface area contributed by atoms with Crippen LogP contribution in [0.2, 0.25) is 0 Å². The van der Waals surface area contributed by atoms with E-state index in [-0.39, 0.29) is 11.3 Å². The van der Waals surface area contributed by atoms with Crippen LogP contribution < -0.4 is 10.6 Å². The van der Waals surface area contributed by atoms with Crippen LogP contribution in [0.1, 0.15) is 26.2 Å². The number of amides is 1. The second-order valence-electron chi connectivity index (χ2n) is 4.08. The predicted molar refractivity (Wildman–Crippen MR) is 61.2 cm³/mol. The zero-order chi connectivity index (χ0) is 11.4. The summed E-state index contributed by atoms with van der Waals surface area (Å²) in [5, 5.41) is 13.7. The number of hydrogen-bond acceptors (Lipinski definition) is 6. The molecule has 2 N–H and O–H groups in total. The standard InChI is InChI=1S/C9H15N5OS/c1-2-3-9(4-5-10-6-9)7(15)11-8-12-13-14-16-8/h10H,2-6H2,1H3,(H,11,12,14,15). The minimum absolute atomic E-state index is 0.0397. The lowest BCUT2D eigenvalue weighted by Crippen LogP contribution is -2.38. The van der Waals surface area contributed by atoms with Gasteiger partial charge in [0.15, 0.2) is 0 Å². The van der Waals surface area contributed by atoms with E-state index in [0.717, 1.165) is 43.9 Å². The van der Waals surface area contributed by atoms with Crippen molar-refractivity contribution in [3.05, 3.63) is 0 Å². The van der Waals surface area contributed by atoms with E-state index in [1.807, 2.05) is 0 Å². The molecule has 1 aromatic heterocycles. The van der Waals surface area contributed by atoms with Gasteiger partial charge in [0, 0.05) is 18.1 Å². The highest BCUT2D eigenvalue weighted by Gasteiger charge is 2.40. The molecule has 2 heterocycles. The van der Waals surface area contributed by atoms with Crippen molar-refractivity contribution >= 4 is 22.6 Å². The van der Waals surface area contributed by atoms with Crippen LogP contribution >= 0.6 is 11.5 Å². The Kier molecular flexibility index (Phi) is 3.45. The first-order chi connectivity index (χ1) is 7.77. The fourth-order valence-electron chi connectivity index (χ4n) is 2.15. The lowest BCUT2D eigenvalue weighted by atomic mass is 9.81. The van der Waals surface area contributed by atoms with Crippen LogP contribution in [0.15, 0.2) is 0 Å². The Hall–Kier alpha value is -1.08.